The van der Waals surface area contributed by atoms with E-state index in [1.165, 1.54) is 39.2 Å². The van der Waals surface area contributed by atoms with Crippen molar-refractivity contribution in [2.45, 2.75) is 0 Å². The molecule has 0 spiro atoms. The second kappa shape index (κ2) is 26.3. The molecule has 0 aromatic heterocycles. The minimum absolute atomic E-state index is 0.639. The first-order valence-electron chi connectivity index (χ1n) is 19.5. The molecule has 6 heteroatoms. The third-order valence-corrected chi connectivity index (χ3v) is 24.5. The predicted octanol–water partition coefficient (Wildman–Crippen LogP) is 7.72. The van der Waals surface area contributed by atoms with Crippen LogP contribution >= 0.6 is 19.2 Å². The third kappa shape index (κ3) is 14.0. The van der Waals surface area contributed by atoms with E-state index < -0.39 is 59.6 Å². The number of hydrogen-bond donors (Lipinski definition) is 0. The van der Waals surface area contributed by atoms with Gasteiger partial charge in [-0.3, -0.25) is 0 Å². The summed E-state index contributed by atoms with van der Waals surface area (Å²) in [4.78, 5) is 0. The van der Waals surface area contributed by atoms with Crippen molar-refractivity contribution in [2.75, 3.05) is 0 Å². The molecule has 0 saturated heterocycles. The van der Waals surface area contributed by atoms with Gasteiger partial charge < -0.3 is 0 Å². The molecule has 0 radical (unpaired) electrons. The molecule has 0 saturated carbocycles. The molecule has 0 amide bonds. The normalized spacial score (nSPS) is 10.4. The van der Waals surface area contributed by atoms with Crippen LogP contribution in [0.25, 0.3) is 0 Å². The predicted molar refractivity (Wildman–Crippen MR) is 265 cm³/mol. The van der Waals surface area contributed by atoms with Crippen LogP contribution in [-0.4, -0.2) is 44.0 Å². The van der Waals surface area contributed by atoms with Crippen molar-refractivity contribution in [1.29, 1.82) is 0 Å². The fourth-order valence-electron chi connectivity index (χ4n) is 6.54. The number of hydrogen-bond acceptors (Lipinski definition) is 0. The summed E-state index contributed by atoms with van der Waals surface area (Å²) in [7, 11) is 9.81. The van der Waals surface area contributed by atoms with Crippen molar-refractivity contribution in [3.05, 3.63) is 273 Å². The van der Waals surface area contributed by atoms with E-state index in [-0.39, 0.29) is 0 Å². The van der Waals surface area contributed by atoms with Crippen LogP contribution in [-0.2, 0) is 15.7 Å². The van der Waals surface area contributed by atoms with Gasteiger partial charge >= 0.3 is 391 Å². The zero-order valence-corrected chi connectivity index (χ0v) is 42.6. The summed E-state index contributed by atoms with van der Waals surface area (Å²) in [6.45, 7) is 0. The topological polar surface area (TPSA) is 0 Å². The zero-order chi connectivity index (χ0) is 41.5. The maximum absolute atomic E-state index is 4.90. The van der Waals surface area contributed by atoms with Gasteiger partial charge in [-0.2, -0.15) is 0 Å². The van der Waals surface area contributed by atoms with Crippen LogP contribution in [0.5, 0.6) is 0 Å². The summed E-state index contributed by atoms with van der Waals surface area (Å²) >= 11 is -4.81. The van der Waals surface area contributed by atoms with E-state index in [1.54, 1.807) is 0 Å². The summed E-state index contributed by atoms with van der Waals surface area (Å²) in [6.07, 6.45) is 0. The number of rotatable bonds is 9. The van der Waals surface area contributed by atoms with Crippen molar-refractivity contribution in [3.8, 4) is 0 Å². The maximum atomic E-state index is 4.90. The summed E-state index contributed by atoms with van der Waals surface area (Å²) < 4.78 is 13.3. The van der Waals surface area contributed by atoms with Crippen LogP contribution in [0.1, 0.15) is 0 Å². The molecule has 300 valence electrons. The summed E-state index contributed by atoms with van der Waals surface area (Å²) in [5.41, 5.74) is 0. The van der Waals surface area contributed by atoms with Gasteiger partial charge in [0.2, 0.25) is 0 Å². The third-order valence-electron chi connectivity index (χ3n) is 9.13. The van der Waals surface area contributed by atoms with Gasteiger partial charge in [-0.25, -0.2) is 0 Å². The van der Waals surface area contributed by atoms with Gasteiger partial charge in [0.05, 0.1) is 0 Å². The SMILES string of the molecule is [Cl][IrH][Cl].c1ccc([As](c2ccccc2)c2ccccc2)cc1.c1ccc([As](c2ccccc2)c2ccccc2)cc1.c1ccc([As](c2ccccc2)c2ccccc2)cc1. The van der Waals surface area contributed by atoms with Crippen LogP contribution in [0, 0.1) is 0 Å². The van der Waals surface area contributed by atoms with Crippen molar-refractivity contribution < 1.29 is 15.7 Å². The van der Waals surface area contributed by atoms with E-state index in [9.17, 15) is 0 Å². The van der Waals surface area contributed by atoms with Crippen LogP contribution in [0.2, 0.25) is 0 Å². The van der Waals surface area contributed by atoms with E-state index in [1.807, 2.05) is 0 Å². The average Bonchev–Trinajstić information content (AvgIpc) is 3.33. The van der Waals surface area contributed by atoms with Crippen LogP contribution in [0.15, 0.2) is 273 Å². The Morgan fingerprint density at radius 3 is 0.350 bits per heavy atom. The Morgan fingerprint density at radius 1 is 0.183 bits per heavy atom. The summed E-state index contributed by atoms with van der Waals surface area (Å²) in [6, 6.07) is 98.1. The molecule has 9 rings (SSSR count). The molecular formula is C54H46As3Cl2Ir. The molecule has 0 aliphatic carbocycles. The Hall–Kier alpha value is -4.12. The first-order chi connectivity index (χ1) is 29.8. The molecule has 0 nitrogen and oxygen atoms in total. The minimum atomic E-state index is -1.39. The molecule has 60 heavy (non-hydrogen) atoms. The van der Waals surface area contributed by atoms with Crippen molar-refractivity contribution in [3.63, 3.8) is 0 Å². The Morgan fingerprint density at radius 2 is 0.267 bits per heavy atom. The van der Waals surface area contributed by atoms with Crippen LogP contribution in [0.3, 0.4) is 0 Å². The van der Waals surface area contributed by atoms with Gasteiger partial charge in [-0.05, 0) is 0 Å². The second-order valence-electron chi connectivity index (χ2n) is 13.1. The van der Waals surface area contributed by atoms with Gasteiger partial charge in [-0.1, -0.05) is 0 Å². The molecule has 0 aliphatic heterocycles. The van der Waals surface area contributed by atoms with E-state index >= 15 is 0 Å². The number of benzene rings is 9. The molecule has 0 N–H and O–H groups in total. The van der Waals surface area contributed by atoms with E-state index in [4.69, 9.17) is 19.2 Å². The quantitative estimate of drug-likeness (QED) is 0.130. The molecule has 9 aromatic rings. The van der Waals surface area contributed by atoms with Crippen LogP contribution in [0.4, 0.5) is 0 Å². The Bertz CT molecular complexity index is 1890. The van der Waals surface area contributed by atoms with Gasteiger partial charge in [0, 0.05) is 0 Å². The van der Waals surface area contributed by atoms with Crippen molar-refractivity contribution in [2.24, 2.45) is 0 Å². The average molecular weight is 1180 g/mol. The first kappa shape index (κ1) is 45.4. The second-order valence-corrected chi connectivity index (χ2v) is 30.7. The molecule has 9 aromatic carbocycles. The van der Waals surface area contributed by atoms with Gasteiger partial charge in [-0.15, -0.1) is 0 Å². The van der Waals surface area contributed by atoms with Gasteiger partial charge in [0.25, 0.3) is 0 Å². The number of halogens is 2. The Kier molecular flexibility index (Phi) is 19.9. The van der Waals surface area contributed by atoms with E-state index in [2.05, 4.69) is 273 Å². The fraction of sp³-hybridized carbons (Fsp3) is 0. The molecule has 0 unspecified atom stereocenters. The Labute approximate surface area is 387 Å². The van der Waals surface area contributed by atoms with Gasteiger partial charge in [0.1, 0.15) is 0 Å². The monoisotopic (exact) mass is 1180 g/mol. The molecule has 0 aliphatic rings. The van der Waals surface area contributed by atoms with Crippen molar-refractivity contribution in [1.82, 2.24) is 0 Å². The van der Waals surface area contributed by atoms with E-state index in [0.29, 0.717) is 0 Å². The molecule has 0 fully saturated rings. The molecule has 0 heterocycles. The molecular weight excluding hydrogens is 1140 g/mol. The van der Waals surface area contributed by atoms with Gasteiger partial charge in [0.15, 0.2) is 0 Å². The molecule has 0 atom stereocenters. The van der Waals surface area contributed by atoms with Crippen molar-refractivity contribution >= 4 is 102 Å². The summed E-state index contributed by atoms with van der Waals surface area (Å²) in [5.74, 6) is 0. The van der Waals surface area contributed by atoms with Crippen LogP contribution < -0.4 is 39.2 Å². The van der Waals surface area contributed by atoms with E-state index in [0.717, 1.165) is 0 Å². The molecule has 0 bridgehead atoms. The zero-order valence-electron chi connectivity index (χ0n) is 32.9. The standard InChI is InChI=1S/3C18H15As.2ClH.Ir.H/c3*1-4-10-16(11-5-1)19(17-12-6-2-7-13-17)18-14-8-3-9-15-18;;;;/h3*1-15H;2*1H;;/q;;;;;+2;/p-2. The first-order valence-corrected chi connectivity index (χ1v) is 34.2. The Balaban J connectivity index is 0.000000146. The fourth-order valence-corrected chi connectivity index (χ4v) is 21.0. The summed E-state index contributed by atoms with van der Waals surface area (Å²) in [5, 5.41) is 0.